The van der Waals surface area contributed by atoms with Crippen LogP contribution in [0.2, 0.25) is 0 Å². The molecule has 7 heteroatoms. The van der Waals surface area contributed by atoms with Gasteiger partial charge in [0.1, 0.15) is 5.82 Å². The topological polar surface area (TPSA) is 68.1 Å². The Kier molecular flexibility index (Phi) is 4.80. The zero-order chi connectivity index (χ0) is 20.5. The highest BCUT2D eigenvalue weighted by Crippen LogP contribution is 2.29. The fourth-order valence-corrected chi connectivity index (χ4v) is 3.61. The molecule has 30 heavy (non-hydrogen) atoms. The Hall–Kier alpha value is -3.45. The van der Waals surface area contributed by atoms with Crippen molar-refractivity contribution in [2.24, 2.45) is 0 Å². The lowest BCUT2D eigenvalue weighted by Gasteiger charge is -2.27. The molecule has 2 aromatic heterocycles. The van der Waals surface area contributed by atoms with Gasteiger partial charge in [-0.1, -0.05) is 24.3 Å². The van der Waals surface area contributed by atoms with Crippen LogP contribution in [0.25, 0.3) is 16.7 Å². The average Bonchev–Trinajstić information content (AvgIpc) is 3.22. The first-order valence-electron chi connectivity index (χ1n) is 10.2. The van der Waals surface area contributed by atoms with Crippen LogP contribution in [0.1, 0.15) is 11.1 Å². The zero-order valence-electron chi connectivity index (χ0n) is 17.2. The van der Waals surface area contributed by atoms with Crippen molar-refractivity contribution >= 4 is 28.5 Å². The largest absolute Gasteiger partial charge is 0.378 e. The minimum Gasteiger partial charge on any atom is -0.378 e. The molecule has 1 saturated heterocycles. The van der Waals surface area contributed by atoms with E-state index >= 15 is 0 Å². The number of nitrogens with zero attached hydrogens (tertiary/aromatic N) is 5. The minimum absolute atomic E-state index is 0.680. The number of aryl methyl sites for hydroxylation is 2. The lowest BCUT2D eigenvalue weighted by molar-refractivity contribution is 0.122. The molecule has 1 N–H and O–H groups in total. The molecular formula is C23H24N6O. The van der Waals surface area contributed by atoms with Gasteiger partial charge in [0.2, 0.25) is 5.95 Å². The van der Waals surface area contributed by atoms with Gasteiger partial charge in [0, 0.05) is 18.8 Å². The molecule has 0 aliphatic carbocycles. The molecule has 7 nitrogen and oxygen atoms in total. The van der Waals surface area contributed by atoms with Crippen molar-refractivity contribution in [3.8, 4) is 5.69 Å². The molecular weight excluding hydrogens is 376 g/mol. The number of aromatic nitrogens is 4. The van der Waals surface area contributed by atoms with Gasteiger partial charge in [-0.05, 0) is 49.2 Å². The molecule has 0 atom stereocenters. The van der Waals surface area contributed by atoms with Crippen LogP contribution in [0, 0.1) is 13.8 Å². The zero-order valence-corrected chi connectivity index (χ0v) is 17.2. The SMILES string of the molecule is Cc1ccc(Nc2nc(N3CCOCC3)nc3c2cnn3-c2ccccc2)cc1C. The number of nitrogens with one attached hydrogen (secondary N) is 1. The molecule has 4 aromatic rings. The van der Waals surface area contributed by atoms with Crippen LogP contribution in [0.4, 0.5) is 17.5 Å². The fraction of sp³-hybridized carbons (Fsp3) is 0.261. The van der Waals surface area contributed by atoms with Crippen LogP contribution < -0.4 is 10.2 Å². The number of anilines is 3. The molecule has 0 unspecified atom stereocenters. The first-order valence-corrected chi connectivity index (χ1v) is 10.2. The normalized spacial score (nSPS) is 14.3. The van der Waals surface area contributed by atoms with Gasteiger partial charge in [0.15, 0.2) is 5.65 Å². The summed E-state index contributed by atoms with van der Waals surface area (Å²) >= 11 is 0. The highest BCUT2D eigenvalue weighted by Gasteiger charge is 2.19. The summed E-state index contributed by atoms with van der Waals surface area (Å²) in [5, 5.41) is 9.00. The van der Waals surface area contributed by atoms with E-state index in [0.717, 1.165) is 41.3 Å². The second-order valence-electron chi connectivity index (χ2n) is 7.52. The lowest BCUT2D eigenvalue weighted by atomic mass is 10.1. The van der Waals surface area contributed by atoms with Gasteiger partial charge in [0.25, 0.3) is 0 Å². The molecule has 1 aliphatic heterocycles. The number of ether oxygens (including phenoxy) is 1. The Morgan fingerprint density at radius 2 is 1.73 bits per heavy atom. The average molecular weight is 400 g/mol. The van der Waals surface area contributed by atoms with E-state index in [4.69, 9.17) is 14.7 Å². The van der Waals surface area contributed by atoms with Crippen LogP contribution >= 0.6 is 0 Å². The van der Waals surface area contributed by atoms with Crippen LogP contribution in [-0.4, -0.2) is 46.1 Å². The van der Waals surface area contributed by atoms with Gasteiger partial charge in [-0.2, -0.15) is 15.1 Å². The summed E-state index contributed by atoms with van der Waals surface area (Å²) in [5.41, 5.74) is 5.25. The first-order chi connectivity index (χ1) is 14.7. The van der Waals surface area contributed by atoms with E-state index in [9.17, 15) is 0 Å². The second-order valence-corrected chi connectivity index (χ2v) is 7.52. The van der Waals surface area contributed by atoms with Crippen LogP contribution in [0.5, 0.6) is 0 Å². The summed E-state index contributed by atoms with van der Waals surface area (Å²) in [4.78, 5) is 11.9. The quantitative estimate of drug-likeness (QED) is 0.558. The van der Waals surface area contributed by atoms with E-state index in [1.807, 2.05) is 41.2 Å². The maximum absolute atomic E-state index is 5.51. The third kappa shape index (κ3) is 3.48. The summed E-state index contributed by atoms with van der Waals surface area (Å²) in [6, 6.07) is 16.4. The Bertz CT molecular complexity index is 1180. The van der Waals surface area contributed by atoms with Crippen molar-refractivity contribution in [2.75, 3.05) is 36.5 Å². The van der Waals surface area contributed by atoms with E-state index in [-0.39, 0.29) is 0 Å². The molecule has 1 aliphatic rings. The predicted octanol–water partition coefficient (Wildman–Crippen LogP) is 4.01. The summed E-state index contributed by atoms with van der Waals surface area (Å²) in [6.07, 6.45) is 1.83. The van der Waals surface area contributed by atoms with Crippen molar-refractivity contribution in [1.82, 2.24) is 19.7 Å². The first kappa shape index (κ1) is 18.6. The number of benzene rings is 2. The van der Waals surface area contributed by atoms with Gasteiger partial charge in [0.05, 0.1) is 30.5 Å². The van der Waals surface area contributed by atoms with Gasteiger partial charge >= 0.3 is 0 Å². The van der Waals surface area contributed by atoms with E-state index in [0.29, 0.717) is 19.2 Å². The van der Waals surface area contributed by atoms with Crippen LogP contribution in [-0.2, 0) is 4.74 Å². The van der Waals surface area contributed by atoms with Gasteiger partial charge < -0.3 is 15.0 Å². The standard InChI is InChI=1S/C23H24N6O/c1-16-8-9-18(14-17(16)2)25-21-20-15-24-29(19-6-4-3-5-7-19)22(20)27-23(26-21)28-10-12-30-13-11-28/h3-9,14-15H,10-13H2,1-2H3,(H,25,26,27). The molecule has 152 valence electrons. The number of hydrogen-bond acceptors (Lipinski definition) is 6. The maximum Gasteiger partial charge on any atom is 0.229 e. The Balaban J connectivity index is 1.64. The number of fused-ring (bicyclic) bond motifs is 1. The smallest absolute Gasteiger partial charge is 0.229 e. The fourth-order valence-electron chi connectivity index (χ4n) is 3.61. The molecule has 2 aromatic carbocycles. The molecule has 1 fully saturated rings. The van der Waals surface area contributed by atoms with Crippen molar-refractivity contribution in [1.29, 1.82) is 0 Å². The minimum atomic E-state index is 0.680. The molecule has 3 heterocycles. The predicted molar refractivity (Wildman–Crippen MR) is 119 cm³/mol. The Morgan fingerprint density at radius 3 is 2.50 bits per heavy atom. The van der Waals surface area contributed by atoms with Gasteiger partial charge in [-0.3, -0.25) is 0 Å². The van der Waals surface area contributed by atoms with Crippen molar-refractivity contribution in [3.05, 3.63) is 65.9 Å². The Morgan fingerprint density at radius 1 is 0.933 bits per heavy atom. The van der Waals surface area contributed by atoms with E-state index in [1.54, 1.807) is 0 Å². The molecule has 0 spiro atoms. The summed E-state index contributed by atoms with van der Waals surface area (Å²) in [7, 11) is 0. The van der Waals surface area contributed by atoms with Crippen molar-refractivity contribution in [2.45, 2.75) is 13.8 Å². The monoisotopic (exact) mass is 400 g/mol. The summed E-state index contributed by atoms with van der Waals surface area (Å²) < 4.78 is 7.37. The maximum atomic E-state index is 5.51. The lowest BCUT2D eigenvalue weighted by Crippen LogP contribution is -2.37. The van der Waals surface area contributed by atoms with Gasteiger partial charge in [-0.15, -0.1) is 0 Å². The van der Waals surface area contributed by atoms with Crippen molar-refractivity contribution in [3.63, 3.8) is 0 Å². The molecule has 0 saturated carbocycles. The third-order valence-electron chi connectivity index (χ3n) is 5.48. The van der Waals surface area contributed by atoms with Gasteiger partial charge in [-0.25, -0.2) is 4.68 Å². The summed E-state index contributed by atoms with van der Waals surface area (Å²) in [5.74, 6) is 1.45. The van der Waals surface area contributed by atoms with Crippen molar-refractivity contribution < 1.29 is 4.74 Å². The third-order valence-corrected chi connectivity index (χ3v) is 5.48. The number of rotatable bonds is 4. The number of morpholine rings is 1. The highest BCUT2D eigenvalue weighted by molar-refractivity contribution is 5.90. The molecule has 0 bridgehead atoms. The molecule has 0 radical (unpaired) electrons. The molecule has 5 rings (SSSR count). The summed E-state index contributed by atoms with van der Waals surface area (Å²) in [6.45, 7) is 7.13. The number of hydrogen-bond donors (Lipinski definition) is 1. The van der Waals surface area contributed by atoms with E-state index in [1.165, 1.54) is 11.1 Å². The van der Waals surface area contributed by atoms with E-state index < -0.39 is 0 Å². The molecule has 0 amide bonds. The van der Waals surface area contributed by atoms with E-state index in [2.05, 4.69) is 47.4 Å². The van der Waals surface area contributed by atoms with Crippen LogP contribution in [0.15, 0.2) is 54.7 Å². The second kappa shape index (κ2) is 7.76. The van der Waals surface area contributed by atoms with Crippen LogP contribution in [0.3, 0.4) is 0 Å². The highest BCUT2D eigenvalue weighted by atomic mass is 16.5. The Labute approximate surface area is 175 Å². The number of para-hydroxylation sites is 1.